The monoisotopic (exact) mass is 547 g/mol. The number of halogens is 1. The van der Waals surface area contributed by atoms with Crippen LogP contribution >= 0.6 is 11.6 Å². The molecule has 200 valence electrons. The molecule has 0 unspecified atom stereocenters. The number of aromatic nitrogens is 2. The van der Waals surface area contributed by atoms with Crippen molar-refractivity contribution in [1.82, 2.24) is 15.3 Å². The number of hydrogen-bond acceptors (Lipinski definition) is 8. The van der Waals surface area contributed by atoms with Crippen molar-refractivity contribution >= 4 is 58.2 Å². The number of amides is 3. The fraction of sp³-hybridized carbons (Fsp3) is 0.148. The molecule has 0 saturated carbocycles. The van der Waals surface area contributed by atoms with Crippen molar-refractivity contribution in [2.45, 2.75) is 13.3 Å². The number of carbonyl (C=O) groups excluding carboxylic acids is 3. The average Bonchev–Trinajstić information content (AvgIpc) is 2.92. The zero-order chi connectivity index (χ0) is 28.4. The first kappa shape index (κ1) is 28.5. The summed E-state index contributed by atoms with van der Waals surface area (Å²) in [5.41, 5.74) is 8.02. The van der Waals surface area contributed by atoms with Crippen LogP contribution in [0.5, 0.6) is 5.75 Å². The minimum absolute atomic E-state index is 0.148. The van der Waals surface area contributed by atoms with Gasteiger partial charge >= 0.3 is 0 Å². The predicted octanol–water partition coefficient (Wildman–Crippen LogP) is 3.67. The summed E-state index contributed by atoms with van der Waals surface area (Å²) in [7, 11) is 0. The van der Waals surface area contributed by atoms with Gasteiger partial charge < -0.3 is 31.7 Å². The van der Waals surface area contributed by atoms with Crippen molar-refractivity contribution in [2.75, 3.05) is 29.1 Å². The highest BCUT2D eigenvalue weighted by Crippen LogP contribution is 2.31. The Labute approximate surface area is 230 Å². The SMILES string of the molecule is C#CC(=O)NCCCOc1cc(C)c(Nc2ncc(Cl)c(Nc3ccccc3NC(=O)C=C)n2)cc1C(N)=O. The third-order valence-electron chi connectivity index (χ3n) is 5.20. The van der Waals surface area contributed by atoms with Gasteiger partial charge in [0.15, 0.2) is 5.82 Å². The van der Waals surface area contributed by atoms with Gasteiger partial charge in [-0.2, -0.15) is 4.98 Å². The summed E-state index contributed by atoms with van der Waals surface area (Å²) in [4.78, 5) is 43.7. The molecule has 39 heavy (non-hydrogen) atoms. The Hall–Kier alpha value is -5.08. The van der Waals surface area contributed by atoms with Gasteiger partial charge in [0, 0.05) is 12.2 Å². The van der Waals surface area contributed by atoms with Crippen LogP contribution in [0.2, 0.25) is 5.02 Å². The summed E-state index contributed by atoms with van der Waals surface area (Å²) in [5.74, 6) is 1.15. The lowest BCUT2D eigenvalue weighted by Crippen LogP contribution is -2.24. The second kappa shape index (κ2) is 13.5. The fourth-order valence-electron chi connectivity index (χ4n) is 3.28. The van der Waals surface area contributed by atoms with Crippen molar-refractivity contribution in [1.29, 1.82) is 0 Å². The van der Waals surface area contributed by atoms with E-state index in [0.29, 0.717) is 35.8 Å². The lowest BCUT2D eigenvalue weighted by molar-refractivity contribution is -0.115. The molecule has 11 nitrogen and oxygen atoms in total. The predicted molar refractivity (Wildman–Crippen MR) is 151 cm³/mol. The molecule has 3 aromatic rings. The van der Waals surface area contributed by atoms with E-state index in [0.717, 1.165) is 11.6 Å². The number of nitrogens with zero attached hydrogens (tertiary/aromatic N) is 2. The zero-order valence-corrected chi connectivity index (χ0v) is 21.8. The van der Waals surface area contributed by atoms with Gasteiger partial charge in [-0.3, -0.25) is 14.4 Å². The molecule has 1 heterocycles. The number of carbonyl (C=O) groups is 3. The summed E-state index contributed by atoms with van der Waals surface area (Å²) in [6.45, 7) is 5.81. The second-order valence-corrected chi connectivity index (χ2v) is 8.42. The molecule has 0 saturated heterocycles. The lowest BCUT2D eigenvalue weighted by Gasteiger charge is -2.16. The van der Waals surface area contributed by atoms with E-state index >= 15 is 0 Å². The normalized spacial score (nSPS) is 10.1. The standard InChI is InChI=1S/C27H26ClN7O4/c1-4-23(36)30-11-8-12-39-22-13-16(3)21(14-17(22)25(29)38)34-27-31-15-18(28)26(35-27)33-20-10-7-6-9-19(20)32-24(37)5-2/h1,5-7,9-10,13-15H,2,8,11-12H2,3H3,(H2,29,38)(H,30,36)(H,32,37)(H2,31,33,34,35). The zero-order valence-electron chi connectivity index (χ0n) is 21.0. The summed E-state index contributed by atoms with van der Waals surface area (Å²) < 4.78 is 5.72. The molecule has 0 bridgehead atoms. The van der Waals surface area contributed by atoms with Crippen LogP contribution in [0.1, 0.15) is 22.3 Å². The topological polar surface area (TPSA) is 160 Å². The molecule has 0 aliphatic carbocycles. The van der Waals surface area contributed by atoms with E-state index in [4.69, 9.17) is 28.5 Å². The number of aryl methyl sites for hydroxylation is 1. The summed E-state index contributed by atoms with van der Waals surface area (Å²) in [6.07, 6.45) is 8.05. The van der Waals surface area contributed by atoms with E-state index in [1.165, 1.54) is 12.3 Å². The molecular weight excluding hydrogens is 522 g/mol. The minimum atomic E-state index is -0.689. The summed E-state index contributed by atoms with van der Waals surface area (Å²) in [6, 6.07) is 10.2. The van der Waals surface area contributed by atoms with Crippen molar-refractivity contribution < 1.29 is 19.1 Å². The number of terminal acetylenes is 1. The van der Waals surface area contributed by atoms with Gasteiger partial charge in [-0.05, 0) is 55.2 Å². The second-order valence-electron chi connectivity index (χ2n) is 8.01. The Morgan fingerprint density at radius 2 is 1.92 bits per heavy atom. The quantitative estimate of drug-likeness (QED) is 0.130. The maximum atomic E-state index is 12.1. The van der Waals surface area contributed by atoms with Crippen LogP contribution in [0.4, 0.5) is 28.8 Å². The molecule has 12 heteroatoms. The van der Waals surface area contributed by atoms with Crippen molar-refractivity contribution in [3.8, 4) is 18.1 Å². The lowest BCUT2D eigenvalue weighted by atomic mass is 10.1. The third-order valence-corrected chi connectivity index (χ3v) is 5.48. The van der Waals surface area contributed by atoms with E-state index in [-0.39, 0.29) is 34.9 Å². The Kier molecular flexibility index (Phi) is 9.83. The maximum Gasteiger partial charge on any atom is 0.295 e. The van der Waals surface area contributed by atoms with Crippen LogP contribution < -0.4 is 31.7 Å². The van der Waals surface area contributed by atoms with Crippen LogP contribution in [0, 0.1) is 19.3 Å². The minimum Gasteiger partial charge on any atom is -0.493 e. The highest BCUT2D eigenvalue weighted by atomic mass is 35.5. The van der Waals surface area contributed by atoms with Crippen LogP contribution in [0.3, 0.4) is 0 Å². The third kappa shape index (κ3) is 7.95. The van der Waals surface area contributed by atoms with Gasteiger partial charge in [-0.25, -0.2) is 4.98 Å². The van der Waals surface area contributed by atoms with Crippen LogP contribution in [0.15, 0.2) is 55.3 Å². The first-order chi connectivity index (χ1) is 18.7. The Balaban J connectivity index is 1.78. The Bertz CT molecular complexity index is 1450. The summed E-state index contributed by atoms with van der Waals surface area (Å²) in [5, 5.41) is 11.6. The van der Waals surface area contributed by atoms with Gasteiger partial charge in [-0.1, -0.05) is 30.3 Å². The van der Waals surface area contributed by atoms with E-state index in [1.54, 1.807) is 37.3 Å². The molecular formula is C27H26ClN7O4. The van der Waals surface area contributed by atoms with Gasteiger partial charge in [0.2, 0.25) is 11.9 Å². The van der Waals surface area contributed by atoms with Crippen molar-refractivity contribution in [2.24, 2.45) is 5.73 Å². The molecule has 0 spiro atoms. The van der Waals surface area contributed by atoms with Gasteiger partial charge in [-0.15, -0.1) is 6.42 Å². The first-order valence-corrected chi connectivity index (χ1v) is 12.0. The Morgan fingerprint density at radius 3 is 2.62 bits per heavy atom. The number of primary amides is 1. The summed E-state index contributed by atoms with van der Waals surface area (Å²) >= 11 is 6.32. The van der Waals surface area contributed by atoms with Gasteiger partial charge in [0.25, 0.3) is 11.8 Å². The number of para-hydroxylation sites is 2. The molecule has 0 aliphatic heterocycles. The molecule has 0 radical (unpaired) electrons. The molecule has 0 atom stereocenters. The van der Waals surface area contributed by atoms with E-state index < -0.39 is 11.8 Å². The number of ether oxygens (including phenoxy) is 1. The van der Waals surface area contributed by atoms with Crippen LogP contribution in [-0.2, 0) is 9.59 Å². The molecule has 3 rings (SSSR count). The number of hydrogen-bond donors (Lipinski definition) is 5. The smallest absolute Gasteiger partial charge is 0.295 e. The van der Waals surface area contributed by atoms with Crippen LogP contribution in [-0.4, -0.2) is 40.8 Å². The van der Waals surface area contributed by atoms with E-state index in [2.05, 4.69) is 37.8 Å². The van der Waals surface area contributed by atoms with E-state index in [9.17, 15) is 14.4 Å². The molecule has 0 aliphatic rings. The van der Waals surface area contributed by atoms with Crippen molar-refractivity contribution in [3.63, 3.8) is 0 Å². The highest BCUT2D eigenvalue weighted by molar-refractivity contribution is 6.33. The number of nitrogens with two attached hydrogens (primary N) is 1. The maximum absolute atomic E-state index is 12.1. The fourth-order valence-corrected chi connectivity index (χ4v) is 3.42. The number of benzene rings is 2. The number of anilines is 5. The number of nitrogens with one attached hydrogen (secondary N) is 4. The Morgan fingerprint density at radius 1 is 1.18 bits per heavy atom. The molecule has 2 aromatic carbocycles. The van der Waals surface area contributed by atoms with Gasteiger partial charge in [0.1, 0.15) is 10.8 Å². The van der Waals surface area contributed by atoms with Crippen molar-refractivity contribution in [3.05, 3.63) is 71.4 Å². The largest absolute Gasteiger partial charge is 0.493 e. The van der Waals surface area contributed by atoms with Gasteiger partial charge in [0.05, 0.1) is 29.7 Å². The molecule has 3 amide bonds. The van der Waals surface area contributed by atoms with E-state index in [1.807, 2.05) is 5.92 Å². The van der Waals surface area contributed by atoms with Crippen LogP contribution in [0.25, 0.3) is 0 Å². The molecule has 6 N–H and O–H groups in total. The molecule has 1 aromatic heterocycles. The number of rotatable bonds is 12. The molecule has 0 fully saturated rings. The highest BCUT2D eigenvalue weighted by Gasteiger charge is 2.16. The average molecular weight is 548 g/mol. The first-order valence-electron chi connectivity index (χ1n) is 11.6.